The summed E-state index contributed by atoms with van der Waals surface area (Å²) in [6.07, 6.45) is -0.220. The lowest BCUT2D eigenvalue weighted by atomic mass is 9.82. The van der Waals surface area contributed by atoms with Crippen LogP contribution in [0.5, 0.6) is 0 Å². The van der Waals surface area contributed by atoms with Gasteiger partial charge in [0.2, 0.25) is 0 Å². The number of carbonyl (C=O) groups is 3. The molecule has 1 heterocycles. The van der Waals surface area contributed by atoms with Gasteiger partial charge in [-0.2, -0.15) is 0 Å². The molecular formula is C27H31NO5. The molecule has 1 unspecified atom stereocenters. The molecule has 0 saturated heterocycles. The van der Waals surface area contributed by atoms with Gasteiger partial charge in [0, 0.05) is 12.0 Å². The van der Waals surface area contributed by atoms with Crippen LogP contribution in [0.1, 0.15) is 67.7 Å². The van der Waals surface area contributed by atoms with Gasteiger partial charge >= 0.3 is 5.97 Å². The van der Waals surface area contributed by atoms with Crippen molar-refractivity contribution in [2.45, 2.75) is 60.2 Å². The van der Waals surface area contributed by atoms with Crippen LogP contribution in [0.4, 0.5) is 0 Å². The SMILES string of the molecule is Cc1cccc(C2C(C(=O)C(C)(C)C)=C(O)C(=O)N2Cc2ccc(C(=O)OC(C)C)cc2)c1. The molecule has 0 aliphatic carbocycles. The highest BCUT2D eigenvalue weighted by molar-refractivity contribution is 6.10. The standard InChI is InChI=1S/C27H31NO5/c1-16(2)33-26(32)19-12-10-18(11-13-19)15-28-22(20-9-7-8-17(3)14-20)21(23(29)25(28)31)24(30)27(4,5)6/h7-14,16,22,29H,15H2,1-6H3. The first-order valence-electron chi connectivity index (χ1n) is 11.1. The minimum atomic E-state index is -0.764. The number of aryl methyl sites for hydroxylation is 1. The van der Waals surface area contributed by atoms with E-state index in [1.54, 1.807) is 58.9 Å². The fourth-order valence-electron chi connectivity index (χ4n) is 3.86. The van der Waals surface area contributed by atoms with Gasteiger partial charge in [0.05, 0.1) is 23.3 Å². The molecule has 1 atom stereocenters. The number of esters is 1. The van der Waals surface area contributed by atoms with Crippen molar-refractivity contribution in [2.75, 3.05) is 0 Å². The number of carbonyl (C=O) groups excluding carboxylic acids is 3. The summed E-state index contributed by atoms with van der Waals surface area (Å²) in [6, 6.07) is 13.7. The van der Waals surface area contributed by atoms with E-state index in [0.29, 0.717) is 5.56 Å². The Morgan fingerprint density at radius 3 is 2.27 bits per heavy atom. The van der Waals surface area contributed by atoms with Crippen LogP contribution in [0.2, 0.25) is 0 Å². The number of amides is 1. The highest BCUT2D eigenvalue weighted by Gasteiger charge is 2.45. The van der Waals surface area contributed by atoms with Gasteiger partial charge in [-0.25, -0.2) is 4.79 Å². The molecule has 1 aliphatic heterocycles. The molecule has 33 heavy (non-hydrogen) atoms. The molecule has 1 aliphatic rings. The van der Waals surface area contributed by atoms with Gasteiger partial charge in [0.1, 0.15) is 0 Å². The maximum atomic E-state index is 13.2. The topological polar surface area (TPSA) is 83.9 Å². The molecule has 3 rings (SSSR count). The van der Waals surface area contributed by atoms with Crippen LogP contribution in [0.3, 0.4) is 0 Å². The van der Waals surface area contributed by atoms with Crippen molar-refractivity contribution in [2.24, 2.45) is 5.41 Å². The predicted molar refractivity (Wildman–Crippen MR) is 126 cm³/mol. The second-order valence-electron chi connectivity index (χ2n) is 9.74. The fraction of sp³-hybridized carbons (Fsp3) is 0.370. The van der Waals surface area contributed by atoms with Crippen molar-refractivity contribution in [3.63, 3.8) is 0 Å². The molecule has 2 aromatic rings. The number of nitrogens with zero attached hydrogens (tertiary/aromatic N) is 1. The van der Waals surface area contributed by atoms with Crippen LogP contribution >= 0.6 is 0 Å². The lowest BCUT2D eigenvalue weighted by Crippen LogP contribution is -2.32. The normalized spacial score (nSPS) is 16.5. The average Bonchev–Trinajstić information content (AvgIpc) is 2.97. The third kappa shape index (κ3) is 5.16. The van der Waals surface area contributed by atoms with E-state index >= 15 is 0 Å². The van der Waals surface area contributed by atoms with Gasteiger partial charge in [-0.1, -0.05) is 62.7 Å². The molecule has 6 nitrogen and oxygen atoms in total. The van der Waals surface area contributed by atoms with Gasteiger partial charge < -0.3 is 14.7 Å². The summed E-state index contributed by atoms with van der Waals surface area (Å²) >= 11 is 0. The summed E-state index contributed by atoms with van der Waals surface area (Å²) in [5, 5.41) is 10.7. The zero-order valence-corrected chi connectivity index (χ0v) is 20.0. The summed E-state index contributed by atoms with van der Waals surface area (Å²) < 4.78 is 5.22. The maximum Gasteiger partial charge on any atom is 0.338 e. The number of aliphatic hydroxyl groups excluding tert-OH is 1. The highest BCUT2D eigenvalue weighted by atomic mass is 16.5. The quantitative estimate of drug-likeness (QED) is 0.623. The second kappa shape index (κ2) is 9.22. The van der Waals surface area contributed by atoms with Gasteiger partial charge in [-0.3, -0.25) is 9.59 Å². The van der Waals surface area contributed by atoms with Crippen LogP contribution in [-0.2, 0) is 20.9 Å². The summed E-state index contributed by atoms with van der Waals surface area (Å²) in [4.78, 5) is 40.0. The van der Waals surface area contributed by atoms with Gasteiger partial charge in [-0.05, 0) is 44.0 Å². The zero-order chi connectivity index (χ0) is 24.5. The number of benzene rings is 2. The molecule has 0 saturated carbocycles. The van der Waals surface area contributed by atoms with Crippen LogP contribution in [0.15, 0.2) is 59.9 Å². The van der Waals surface area contributed by atoms with Crippen molar-refractivity contribution in [1.29, 1.82) is 0 Å². The molecule has 0 spiro atoms. The molecule has 6 heteroatoms. The van der Waals surface area contributed by atoms with E-state index in [0.717, 1.165) is 16.7 Å². The number of ketones is 1. The Hall–Kier alpha value is -3.41. The Morgan fingerprint density at radius 1 is 1.09 bits per heavy atom. The fourth-order valence-corrected chi connectivity index (χ4v) is 3.86. The van der Waals surface area contributed by atoms with Gasteiger partial charge in [0.15, 0.2) is 11.5 Å². The Labute approximate surface area is 194 Å². The molecule has 1 N–H and O–H groups in total. The van der Waals surface area contributed by atoms with E-state index in [-0.39, 0.29) is 24.0 Å². The van der Waals surface area contributed by atoms with Crippen LogP contribution in [0, 0.1) is 12.3 Å². The first-order valence-corrected chi connectivity index (χ1v) is 11.1. The molecule has 0 aromatic heterocycles. The van der Waals surface area contributed by atoms with E-state index < -0.39 is 29.1 Å². The molecule has 2 aromatic carbocycles. The lowest BCUT2D eigenvalue weighted by Gasteiger charge is -2.29. The summed E-state index contributed by atoms with van der Waals surface area (Å²) in [6.45, 7) is 11.0. The Kier molecular flexibility index (Phi) is 6.77. The largest absolute Gasteiger partial charge is 0.503 e. The number of hydrogen-bond acceptors (Lipinski definition) is 5. The number of hydrogen-bond donors (Lipinski definition) is 1. The Bertz CT molecular complexity index is 1110. The minimum absolute atomic E-state index is 0.121. The lowest BCUT2D eigenvalue weighted by molar-refractivity contribution is -0.130. The zero-order valence-electron chi connectivity index (χ0n) is 20.0. The minimum Gasteiger partial charge on any atom is -0.503 e. The van der Waals surface area contributed by atoms with E-state index in [1.807, 2.05) is 31.2 Å². The molecule has 0 radical (unpaired) electrons. The second-order valence-corrected chi connectivity index (χ2v) is 9.74. The molecule has 0 fully saturated rings. The van der Waals surface area contributed by atoms with Crippen LogP contribution in [-0.4, -0.2) is 33.8 Å². The van der Waals surface area contributed by atoms with Gasteiger partial charge in [0.25, 0.3) is 5.91 Å². The third-order valence-corrected chi connectivity index (χ3v) is 5.47. The van der Waals surface area contributed by atoms with Crippen molar-refractivity contribution in [3.05, 3.63) is 82.1 Å². The van der Waals surface area contributed by atoms with E-state index in [4.69, 9.17) is 4.74 Å². The maximum absolute atomic E-state index is 13.2. The first kappa shape index (κ1) is 24.2. The van der Waals surface area contributed by atoms with Crippen LogP contribution < -0.4 is 0 Å². The first-order chi connectivity index (χ1) is 15.4. The van der Waals surface area contributed by atoms with Gasteiger partial charge in [-0.15, -0.1) is 0 Å². The summed E-state index contributed by atoms with van der Waals surface area (Å²) in [5.74, 6) is -1.77. The molecular weight excluding hydrogens is 418 g/mol. The molecule has 1 amide bonds. The smallest absolute Gasteiger partial charge is 0.338 e. The number of ether oxygens (including phenoxy) is 1. The van der Waals surface area contributed by atoms with Crippen LogP contribution in [0.25, 0.3) is 0 Å². The number of Topliss-reactive ketones (excluding diaryl/α,β-unsaturated/α-hetero) is 1. The average molecular weight is 450 g/mol. The predicted octanol–water partition coefficient (Wildman–Crippen LogP) is 5.07. The van der Waals surface area contributed by atoms with E-state index in [1.165, 1.54) is 4.90 Å². The monoisotopic (exact) mass is 449 g/mol. The van der Waals surface area contributed by atoms with E-state index in [2.05, 4.69) is 0 Å². The van der Waals surface area contributed by atoms with Crippen molar-refractivity contribution >= 4 is 17.7 Å². The van der Waals surface area contributed by atoms with Crippen molar-refractivity contribution in [3.8, 4) is 0 Å². The Morgan fingerprint density at radius 2 is 1.73 bits per heavy atom. The summed E-state index contributed by atoms with van der Waals surface area (Å²) in [5.41, 5.74) is 2.29. The molecule has 174 valence electrons. The van der Waals surface area contributed by atoms with E-state index in [9.17, 15) is 19.5 Å². The number of rotatable bonds is 6. The number of aliphatic hydroxyl groups is 1. The summed E-state index contributed by atoms with van der Waals surface area (Å²) in [7, 11) is 0. The molecule has 0 bridgehead atoms. The Balaban J connectivity index is 1.97. The van der Waals surface area contributed by atoms with Crippen molar-refractivity contribution in [1.82, 2.24) is 4.90 Å². The van der Waals surface area contributed by atoms with Crippen molar-refractivity contribution < 1.29 is 24.2 Å². The third-order valence-electron chi connectivity index (χ3n) is 5.47. The highest BCUT2D eigenvalue weighted by Crippen LogP contribution is 2.41.